The average molecular weight is 305 g/mol. The molecule has 23 heavy (non-hydrogen) atoms. The molecule has 2 aromatic carbocycles. The summed E-state index contributed by atoms with van der Waals surface area (Å²) >= 11 is 0. The Balaban J connectivity index is 1.97. The SMILES string of the molecule is CN1CC[N+](=c2cc(-c3ccccc3)oc3ccccc23)CC1. The summed E-state index contributed by atoms with van der Waals surface area (Å²) < 4.78 is 8.64. The van der Waals surface area contributed by atoms with E-state index < -0.39 is 0 Å². The van der Waals surface area contributed by atoms with Crippen LogP contribution in [0, 0.1) is 0 Å². The number of fused-ring (bicyclic) bond motifs is 1. The topological polar surface area (TPSA) is 19.4 Å². The predicted octanol–water partition coefficient (Wildman–Crippen LogP) is 2.82. The fourth-order valence-electron chi connectivity index (χ4n) is 3.17. The summed E-state index contributed by atoms with van der Waals surface area (Å²) in [4.78, 5) is 2.38. The Morgan fingerprint density at radius 3 is 2.39 bits per heavy atom. The van der Waals surface area contributed by atoms with Crippen molar-refractivity contribution in [1.29, 1.82) is 0 Å². The molecule has 1 aliphatic rings. The van der Waals surface area contributed by atoms with Crippen molar-refractivity contribution in [2.45, 2.75) is 0 Å². The van der Waals surface area contributed by atoms with Crippen LogP contribution in [0.5, 0.6) is 0 Å². The van der Waals surface area contributed by atoms with Gasteiger partial charge in [-0.1, -0.05) is 42.5 Å². The van der Waals surface area contributed by atoms with Crippen LogP contribution in [0.15, 0.2) is 65.1 Å². The van der Waals surface area contributed by atoms with Crippen molar-refractivity contribution in [3.8, 4) is 11.3 Å². The number of benzene rings is 2. The molecule has 0 spiro atoms. The normalized spacial score (nSPS) is 16.0. The van der Waals surface area contributed by atoms with E-state index in [0.717, 1.165) is 43.1 Å². The van der Waals surface area contributed by atoms with Gasteiger partial charge in [0.05, 0.1) is 24.5 Å². The molecule has 0 aliphatic carbocycles. The highest BCUT2D eigenvalue weighted by Gasteiger charge is 2.18. The van der Waals surface area contributed by atoms with Gasteiger partial charge in [0, 0.05) is 5.56 Å². The van der Waals surface area contributed by atoms with Gasteiger partial charge in [-0.15, -0.1) is 0 Å². The van der Waals surface area contributed by atoms with Crippen molar-refractivity contribution in [2.24, 2.45) is 0 Å². The second-order valence-electron chi connectivity index (χ2n) is 6.15. The molecule has 0 saturated carbocycles. The molecule has 1 saturated heterocycles. The number of para-hydroxylation sites is 1. The van der Waals surface area contributed by atoms with E-state index in [1.165, 1.54) is 10.7 Å². The predicted molar refractivity (Wildman–Crippen MR) is 94.2 cm³/mol. The molecule has 2 heterocycles. The standard InChI is InChI=1S/C20H21N2O/c1-21-11-13-22(14-12-21)18-15-20(16-7-3-2-4-8-16)23-19-10-6-5-9-17(18)19/h2-10,15H,11-14H2,1H3/q+1. The van der Waals surface area contributed by atoms with Crippen LogP contribution < -0.4 is 9.93 Å². The lowest BCUT2D eigenvalue weighted by Crippen LogP contribution is -2.46. The van der Waals surface area contributed by atoms with Crippen molar-refractivity contribution in [2.75, 3.05) is 33.2 Å². The van der Waals surface area contributed by atoms with Gasteiger partial charge >= 0.3 is 0 Å². The average Bonchev–Trinajstić information content (AvgIpc) is 2.62. The molecule has 1 aliphatic heterocycles. The van der Waals surface area contributed by atoms with E-state index in [4.69, 9.17) is 4.42 Å². The molecule has 0 radical (unpaired) electrons. The summed E-state index contributed by atoms with van der Waals surface area (Å²) in [6.45, 7) is 4.31. The van der Waals surface area contributed by atoms with E-state index in [0.29, 0.717) is 0 Å². The minimum atomic E-state index is 0.929. The van der Waals surface area contributed by atoms with Crippen LogP contribution in [-0.2, 0) is 0 Å². The smallest absolute Gasteiger partial charge is 0.214 e. The molecule has 0 bridgehead atoms. The first-order valence-corrected chi connectivity index (χ1v) is 8.16. The van der Waals surface area contributed by atoms with Crippen LogP contribution >= 0.6 is 0 Å². The second-order valence-corrected chi connectivity index (χ2v) is 6.15. The second kappa shape index (κ2) is 6.01. The van der Waals surface area contributed by atoms with Gasteiger partial charge < -0.3 is 4.42 Å². The van der Waals surface area contributed by atoms with E-state index >= 15 is 0 Å². The van der Waals surface area contributed by atoms with Gasteiger partial charge in [-0.05, 0) is 19.2 Å². The summed E-state index contributed by atoms with van der Waals surface area (Å²) in [6, 6.07) is 20.9. The molecule has 0 atom stereocenters. The van der Waals surface area contributed by atoms with Gasteiger partial charge in [0.15, 0.2) is 13.1 Å². The third-order valence-corrected chi connectivity index (χ3v) is 4.55. The Hall–Kier alpha value is -2.39. The minimum absolute atomic E-state index is 0.929. The fourth-order valence-corrected chi connectivity index (χ4v) is 3.17. The maximum absolute atomic E-state index is 6.16. The first-order valence-electron chi connectivity index (χ1n) is 8.16. The van der Waals surface area contributed by atoms with Gasteiger partial charge in [-0.2, -0.15) is 0 Å². The number of piperazine rings is 1. The zero-order valence-corrected chi connectivity index (χ0v) is 13.4. The molecule has 4 rings (SSSR count). The Labute approximate surface area is 136 Å². The van der Waals surface area contributed by atoms with E-state index in [1.54, 1.807) is 0 Å². The summed E-state index contributed by atoms with van der Waals surface area (Å²) in [7, 11) is 2.19. The maximum Gasteiger partial charge on any atom is 0.214 e. The van der Waals surface area contributed by atoms with Crippen molar-refractivity contribution in [1.82, 2.24) is 9.48 Å². The highest BCUT2D eigenvalue weighted by atomic mass is 16.3. The lowest BCUT2D eigenvalue weighted by atomic mass is 10.1. The van der Waals surface area contributed by atoms with Crippen molar-refractivity contribution >= 4 is 11.0 Å². The summed E-state index contributed by atoms with van der Waals surface area (Å²) in [5, 5.41) is 2.47. The van der Waals surface area contributed by atoms with Crippen LogP contribution in [0.1, 0.15) is 0 Å². The third kappa shape index (κ3) is 2.80. The zero-order valence-electron chi connectivity index (χ0n) is 13.4. The lowest BCUT2D eigenvalue weighted by molar-refractivity contribution is 0.267. The number of hydrogen-bond acceptors (Lipinski definition) is 2. The third-order valence-electron chi connectivity index (χ3n) is 4.55. The van der Waals surface area contributed by atoms with E-state index in [9.17, 15) is 0 Å². The van der Waals surface area contributed by atoms with Crippen LogP contribution in [0.4, 0.5) is 0 Å². The molecule has 116 valence electrons. The minimum Gasteiger partial charge on any atom is -0.456 e. The highest BCUT2D eigenvalue weighted by molar-refractivity contribution is 5.78. The molecule has 0 unspecified atom stereocenters. The molecule has 3 aromatic rings. The number of hydrogen-bond donors (Lipinski definition) is 0. The molecule has 0 N–H and O–H groups in total. The summed E-state index contributed by atoms with van der Waals surface area (Å²) in [6.07, 6.45) is 0. The molecular weight excluding hydrogens is 284 g/mol. The summed E-state index contributed by atoms with van der Waals surface area (Å²) in [5.74, 6) is 0.929. The van der Waals surface area contributed by atoms with Crippen LogP contribution in [0.2, 0.25) is 0 Å². The number of nitrogens with zero attached hydrogens (tertiary/aromatic N) is 2. The van der Waals surface area contributed by atoms with Gasteiger partial charge in [0.25, 0.3) is 0 Å². The Morgan fingerprint density at radius 1 is 0.913 bits per heavy atom. The summed E-state index contributed by atoms with van der Waals surface area (Å²) in [5.41, 5.74) is 2.07. The molecule has 1 fully saturated rings. The molecule has 3 heteroatoms. The Bertz CT molecular complexity index is 886. The van der Waals surface area contributed by atoms with Crippen LogP contribution in [0.3, 0.4) is 0 Å². The Kier molecular flexibility index (Phi) is 3.72. The number of rotatable bonds is 1. The first-order chi connectivity index (χ1) is 11.3. The van der Waals surface area contributed by atoms with Gasteiger partial charge in [-0.25, -0.2) is 4.58 Å². The van der Waals surface area contributed by atoms with Gasteiger partial charge in [0.1, 0.15) is 11.3 Å². The van der Waals surface area contributed by atoms with E-state index in [-0.39, 0.29) is 0 Å². The van der Waals surface area contributed by atoms with Crippen LogP contribution in [0.25, 0.3) is 22.3 Å². The number of likely N-dealkylation sites (N-methyl/N-ethyl adjacent to an activating group) is 1. The molecular formula is C20H21N2O+. The lowest BCUT2D eigenvalue weighted by Gasteiger charge is -2.20. The van der Waals surface area contributed by atoms with Gasteiger partial charge in [-0.3, -0.25) is 4.90 Å². The van der Waals surface area contributed by atoms with Crippen LogP contribution in [-0.4, -0.2) is 38.1 Å². The zero-order chi connectivity index (χ0) is 15.6. The fraction of sp³-hybridized carbons (Fsp3) is 0.250. The monoisotopic (exact) mass is 305 g/mol. The molecule has 0 amide bonds. The van der Waals surface area contributed by atoms with Crippen molar-refractivity contribution < 1.29 is 4.42 Å². The highest BCUT2D eigenvalue weighted by Crippen LogP contribution is 2.21. The van der Waals surface area contributed by atoms with Gasteiger partial charge in [0.2, 0.25) is 5.36 Å². The first kappa shape index (κ1) is 14.2. The van der Waals surface area contributed by atoms with Crippen molar-refractivity contribution in [3.63, 3.8) is 0 Å². The van der Waals surface area contributed by atoms with E-state index in [1.807, 2.05) is 12.1 Å². The Morgan fingerprint density at radius 2 is 1.61 bits per heavy atom. The van der Waals surface area contributed by atoms with Crippen molar-refractivity contribution in [3.05, 3.63) is 66.0 Å². The van der Waals surface area contributed by atoms with E-state index in [2.05, 4.69) is 65.1 Å². The maximum atomic E-state index is 6.16. The quantitative estimate of drug-likeness (QED) is 0.644. The largest absolute Gasteiger partial charge is 0.456 e. The molecule has 1 aromatic heterocycles. The molecule has 3 nitrogen and oxygen atoms in total.